The SMILES string of the molecule is [Mg+2].[O-]c1c(I)cc(Cl)c2cccnc12.[O-]c1c(I)cc(Cl)c2cccnc12. The first-order valence-corrected chi connectivity index (χ1v) is 10.1. The van der Waals surface area contributed by atoms with Crippen molar-refractivity contribution in [2.24, 2.45) is 0 Å². The van der Waals surface area contributed by atoms with Crippen LogP contribution in [0.15, 0.2) is 48.8 Å². The molecule has 0 aliphatic carbocycles. The fraction of sp³-hybridized carbons (Fsp3) is 0. The van der Waals surface area contributed by atoms with Gasteiger partial charge in [-0.05, 0) is 81.6 Å². The smallest absolute Gasteiger partial charge is 0.870 e. The third-order valence-electron chi connectivity index (χ3n) is 3.50. The number of nitrogens with zero attached hydrogens (tertiary/aromatic N) is 2. The van der Waals surface area contributed by atoms with Crippen molar-refractivity contribution in [3.63, 3.8) is 0 Å². The largest absolute Gasteiger partial charge is 2.00 e. The number of fused-ring (bicyclic) bond motifs is 2. The molecular weight excluding hydrogens is 625 g/mol. The fourth-order valence-electron chi connectivity index (χ4n) is 2.29. The van der Waals surface area contributed by atoms with Crippen LogP contribution >= 0.6 is 68.4 Å². The fourth-order valence-corrected chi connectivity index (χ4v) is 4.32. The molecule has 0 atom stereocenters. The van der Waals surface area contributed by atoms with E-state index in [4.69, 9.17) is 23.2 Å². The maximum Gasteiger partial charge on any atom is 2.00 e. The molecule has 0 aliphatic heterocycles. The van der Waals surface area contributed by atoms with Crippen molar-refractivity contribution in [1.82, 2.24) is 9.97 Å². The summed E-state index contributed by atoms with van der Waals surface area (Å²) >= 11 is 15.8. The Labute approximate surface area is 208 Å². The van der Waals surface area contributed by atoms with Crippen molar-refractivity contribution in [2.75, 3.05) is 0 Å². The van der Waals surface area contributed by atoms with Gasteiger partial charge in [0.1, 0.15) is 0 Å². The van der Waals surface area contributed by atoms with Crippen molar-refractivity contribution in [3.05, 3.63) is 66.0 Å². The zero-order valence-electron chi connectivity index (χ0n) is 13.5. The second-order valence-corrected chi connectivity index (χ2v) is 8.28. The summed E-state index contributed by atoms with van der Waals surface area (Å²) in [6.07, 6.45) is 3.19. The van der Waals surface area contributed by atoms with Gasteiger partial charge in [0.15, 0.2) is 0 Å². The minimum atomic E-state index is -0.0550. The molecule has 27 heavy (non-hydrogen) atoms. The van der Waals surface area contributed by atoms with Crippen LogP contribution in [0.5, 0.6) is 11.5 Å². The minimum Gasteiger partial charge on any atom is -0.870 e. The Bertz CT molecular complexity index is 1040. The molecule has 0 amide bonds. The van der Waals surface area contributed by atoms with Gasteiger partial charge in [-0.1, -0.05) is 34.7 Å². The van der Waals surface area contributed by atoms with Gasteiger partial charge in [-0.25, -0.2) is 0 Å². The van der Waals surface area contributed by atoms with Gasteiger partial charge in [-0.3, -0.25) is 9.97 Å². The maximum atomic E-state index is 11.6. The Morgan fingerprint density at radius 3 is 1.48 bits per heavy atom. The molecule has 0 radical (unpaired) electrons. The Kier molecular flexibility index (Phi) is 8.44. The molecule has 2 heterocycles. The molecule has 0 saturated carbocycles. The predicted molar refractivity (Wildman–Crippen MR) is 124 cm³/mol. The summed E-state index contributed by atoms with van der Waals surface area (Å²) in [5, 5.41) is 25.7. The second-order valence-electron chi connectivity index (χ2n) is 5.14. The van der Waals surface area contributed by atoms with Gasteiger partial charge in [-0.15, -0.1) is 0 Å². The van der Waals surface area contributed by atoms with Gasteiger partial charge in [-0.2, -0.15) is 0 Å². The minimum absolute atomic E-state index is 0. The van der Waals surface area contributed by atoms with Crippen LogP contribution in [0.25, 0.3) is 21.8 Å². The molecule has 0 spiro atoms. The van der Waals surface area contributed by atoms with Crippen molar-refractivity contribution in [1.29, 1.82) is 0 Å². The predicted octanol–water partition coefficient (Wildman–Crippen LogP) is 4.75. The molecule has 0 fully saturated rings. The van der Waals surface area contributed by atoms with E-state index in [2.05, 4.69) is 9.97 Å². The summed E-state index contributed by atoms with van der Waals surface area (Å²) < 4.78 is 1.21. The zero-order chi connectivity index (χ0) is 18.8. The van der Waals surface area contributed by atoms with E-state index in [1.165, 1.54) is 0 Å². The van der Waals surface area contributed by atoms with Gasteiger partial charge in [0.25, 0.3) is 0 Å². The topological polar surface area (TPSA) is 71.9 Å². The summed E-state index contributed by atoms with van der Waals surface area (Å²) in [6, 6.07) is 10.4. The first-order chi connectivity index (χ1) is 12.4. The van der Waals surface area contributed by atoms with E-state index < -0.39 is 0 Å². The van der Waals surface area contributed by atoms with Crippen molar-refractivity contribution >= 4 is 113 Å². The number of halogens is 4. The van der Waals surface area contributed by atoms with Crippen molar-refractivity contribution in [2.45, 2.75) is 0 Å². The number of hydrogen-bond donors (Lipinski definition) is 0. The van der Waals surface area contributed by atoms with Crippen LogP contribution in [0.1, 0.15) is 0 Å². The van der Waals surface area contributed by atoms with E-state index in [0.717, 1.165) is 10.8 Å². The molecule has 2 aromatic carbocycles. The molecule has 0 N–H and O–H groups in total. The van der Waals surface area contributed by atoms with E-state index in [9.17, 15) is 10.2 Å². The van der Waals surface area contributed by atoms with Gasteiger partial charge in [0, 0.05) is 30.3 Å². The van der Waals surface area contributed by atoms with E-state index in [0.29, 0.717) is 28.2 Å². The summed E-state index contributed by atoms with van der Waals surface area (Å²) in [5.41, 5.74) is 0.888. The molecular formula is C18H8Cl2I2MgN2O2. The van der Waals surface area contributed by atoms with Crippen molar-refractivity contribution < 1.29 is 10.2 Å². The molecule has 0 unspecified atom stereocenters. The number of rotatable bonds is 0. The van der Waals surface area contributed by atoms with Crippen LogP contribution in [-0.4, -0.2) is 33.0 Å². The number of pyridine rings is 2. The van der Waals surface area contributed by atoms with Gasteiger partial charge in [0.05, 0.1) is 21.1 Å². The summed E-state index contributed by atoms with van der Waals surface area (Å²) in [5.74, 6) is -0.110. The monoisotopic (exact) mass is 632 g/mol. The molecule has 0 bridgehead atoms. The number of aromatic nitrogens is 2. The third-order valence-corrected chi connectivity index (χ3v) is 5.73. The summed E-state index contributed by atoms with van der Waals surface area (Å²) in [6.45, 7) is 0. The Morgan fingerprint density at radius 2 is 1.11 bits per heavy atom. The molecule has 0 saturated heterocycles. The zero-order valence-corrected chi connectivity index (χ0v) is 20.8. The average molecular weight is 633 g/mol. The molecule has 4 rings (SSSR count). The maximum absolute atomic E-state index is 11.6. The molecule has 2 aromatic heterocycles. The molecule has 4 aromatic rings. The third kappa shape index (κ3) is 4.99. The van der Waals surface area contributed by atoms with Gasteiger partial charge >= 0.3 is 23.1 Å². The number of hydrogen-bond acceptors (Lipinski definition) is 4. The van der Waals surface area contributed by atoms with E-state index >= 15 is 0 Å². The van der Waals surface area contributed by atoms with Gasteiger partial charge in [0.2, 0.25) is 0 Å². The van der Waals surface area contributed by atoms with Crippen LogP contribution < -0.4 is 10.2 Å². The molecule has 4 nitrogen and oxygen atoms in total. The quantitative estimate of drug-likeness (QED) is 0.207. The van der Waals surface area contributed by atoms with Crippen LogP contribution in [-0.2, 0) is 0 Å². The standard InChI is InChI=1S/2C9H5ClINO.Mg/c2*10-6-4-7(11)9(13)8-5(6)2-1-3-12-8;/h2*1-4,13H;/q;;+2/p-2. The number of benzene rings is 2. The second kappa shape index (κ2) is 9.92. The Balaban J connectivity index is 0.000000187. The average Bonchev–Trinajstić information content (AvgIpc) is 2.65. The summed E-state index contributed by atoms with van der Waals surface area (Å²) in [7, 11) is 0. The Morgan fingerprint density at radius 1 is 0.741 bits per heavy atom. The Hall–Kier alpha value is -0.334. The molecule has 0 aliphatic rings. The molecule has 9 heteroatoms. The van der Waals surface area contributed by atoms with E-state index in [1.807, 2.05) is 45.2 Å². The van der Waals surface area contributed by atoms with Crippen LogP contribution in [0.2, 0.25) is 10.0 Å². The van der Waals surface area contributed by atoms with E-state index in [-0.39, 0.29) is 34.6 Å². The van der Waals surface area contributed by atoms with Crippen LogP contribution in [0.4, 0.5) is 0 Å². The first-order valence-electron chi connectivity index (χ1n) is 7.19. The van der Waals surface area contributed by atoms with E-state index in [1.54, 1.807) is 48.8 Å². The van der Waals surface area contributed by atoms with Crippen molar-refractivity contribution in [3.8, 4) is 11.5 Å². The van der Waals surface area contributed by atoms with Crippen LogP contribution in [0, 0.1) is 7.14 Å². The molecule has 132 valence electrons. The first kappa shape index (κ1) is 23.0. The summed E-state index contributed by atoms with van der Waals surface area (Å²) in [4.78, 5) is 8.00. The normalized spacial score (nSPS) is 10.2. The van der Waals surface area contributed by atoms with Gasteiger partial charge < -0.3 is 10.2 Å². The van der Waals surface area contributed by atoms with Crippen LogP contribution in [0.3, 0.4) is 0 Å².